The van der Waals surface area contributed by atoms with Gasteiger partial charge in [0.05, 0.1) is 10.4 Å². The SMILES string of the molecule is CC(Nc1ccc(C(N)=O)cc1)c1ccc(Cl)s1. The number of anilines is 1. The maximum Gasteiger partial charge on any atom is 0.248 e. The third kappa shape index (κ3) is 3.03. The molecular formula is C13H13ClN2OS. The zero-order valence-electron chi connectivity index (χ0n) is 9.81. The van der Waals surface area contributed by atoms with E-state index in [1.165, 1.54) is 4.88 Å². The van der Waals surface area contributed by atoms with E-state index >= 15 is 0 Å². The summed E-state index contributed by atoms with van der Waals surface area (Å²) < 4.78 is 0.780. The second-order valence-corrected chi connectivity index (χ2v) is 5.70. The summed E-state index contributed by atoms with van der Waals surface area (Å²) >= 11 is 7.45. The Kier molecular flexibility index (Phi) is 3.89. The van der Waals surface area contributed by atoms with Crippen LogP contribution in [0, 0.1) is 0 Å². The first kappa shape index (κ1) is 12.9. The minimum absolute atomic E-state index is 0.168. The number of nitrogens with one attached hydrogen (secondary N) is 1. The molecule has 1 unspecified atom stereocenters. The molecule has 0 aliphatic heterocycles. The van der Waals surface area contributed by atoms with Gasteiger partial charge in [0, 0.05) is 16.1 Å². The molecule has 0 spiro atoms. The van der Waals surface area contributed by atoms with Gasteiger partial charge in [0.25, 0.3) is 0 Å². The molecule has 1 aromatic heterocycles. The van der Waals surface area contributed by atoms with E-state index < -0.39 is 5.91 Å². The standard InChI is InChI=1S/C13H13ClN2OS/c1-8(11-6-7-12(14)18-11)16-10-4-2-9(3-5-10)13(15)17/h2-8,16H,1H3,(H2,15,17). The molecule has 18 heavy (non-hydrogen) atoms. The summed E-state index contributed by atoms with van der Waals surface area (Å²) in [7, 11) is 0. The molecule has 1 atom stereocenters. The summed E-state index contributed by atoms with van der Waals surface area (Å²) in [6, 6.07) is 11.1. The van der Waals surface area contributed by atoms with E-state index in [0.29, 0.717) is 5.56 Å². The monoisotopic (exact) mass is 280 g/mol. The predicted molar refractivity (Wildman–Crippen MR) is 76.3 cm³/mol. The maximum atomic E-state index is 10.9. The second-order valence-electron chi connectivity index (χ2n) is 3.95. The average molecular weight is 281 g/mol. The highest BCUT2D eigenvalue weighted by Crippen LogP contribution is 2.28. The molecule has 0 saturated carbocycles. The number of hydrogen-bond donors (Lipinski definition) is 2. The zero-order valence-corrected chi connectivity index (χ0v) is 11.4. The van der Waals surface area contributed by atoms with Crippen molar-refractivity contribution < 1.29 is 4.79 Å². The molecule has 94 valence electrons. The van der Waals surface area contributed by atoms with Gasteiger partial charge in [-0.2, -0.15) is 0 Å². The van der Waals surface area contributed by atoms with Crippen molar-refractivity contribution in [3.05, 3.63) is 51.2 Å². The van der Waals surface area contributed by atoms with Gasteiger partial charge in [-0.05, 0) is 43.3 Å². The number of hydrogen-bond acceptors (Lipinski definition) is 3. The molecule has 3 N–H and O–H groups in total. The molecule has 1 amide bonds. The smallest absolute Gasteiger partial charge is 0.248 e. The van der Waals surface area contributed by atoms with Crippen molar-refractivity contribution in [3.63, 3.8) is 0 Å². The Hall–Kier alpha value is -1.52. The zero-order chi connectivity index (χ0) is 13.1. The van der Waals surface area contributed by atoms with Gasteiger partial charge in [-0.15, -0.1) is 11.3 Å². The fourth-order valence-electron chi connectivity index (χ4n) is 1.61. The van der Waals surface area contributed by atoms with Crippen LogP contribution in [0.25, 0.3) is 0 Å². The molecule has 2 aromatic rings. The highest BCUT2D eigenvalue weighted by atomic mass is 35.5. The Balaban J connectivity index is 2.07. The molecule has 0 aliphatic rings. The number of thiophene rings is 1. The third-order valence-corrected chi connectivity index (χ3v) is 3.99. The van der Waals surface area contributed by atoms with Crippen molar-refractivity contribution in [2.24, 2.45) is 5.73 Å². The lowest BCUT2D eigenvalue weighted by molar-refractivity contribution is 0.100. The van der Waals surface area contributed by atoms with Crippen LogP contribution in [-0.4, -0.2) is 5.91 Å². The normalized spacial score (nSPS) is 12.1. The number of nitrogens with two attached hydrogens (primary N) is 1. The van der Waals surface area contributed by atoms with Gasteiger partial charge in [-0.25, -0.2) is 0 Å². The average Bonchev–Trinajstić information content (AvgIpc) is 2.76. The van der Waals surface area contributed by atoms with Crippen LogP contribution in [0.15, 0.2) is 36.4 Å². The first-order chi connectivity index (χ1) is 8.56. The molecule has 0 saturated heterocycles. The van der Waals surface area contributed by atoms with E-state index in [1.54, 1.807) is 23.5 Å². The minimum atomic E-state index is -0.417. The number of carbonyl (C=O) groups excluding carboxylic acids is 1. The van der Waals surface area contributed by atoms with Crippen molar-refractivity contribution in [2.75, 3.05) is 5.32 Å². The molecule has 0 bridgehead atoms. The van der Waals surface area contributed by atoms with E-state index in [1.807, 2.05) is 24.3 Å². The van der Waals surface area contributed by atoms with Gasteiger partial charge in [0.15, 0.2) is 0 Å². The molecule has 5 heteroatoms. The minimum Gasteiger partial charge on any atom is -0.378 e. The Labute approximate surface area is 115 Å². The van der Waals surface area contributed by atoms with Crippen molar-refractivity contribution in [3.8, 4) is 0 Å². The molecule has 0 radical (unpaired) electrons. The predicted octanol–water partition coefficient (Wildman–Crippen LogP) is 3.67. The van der Waals surface area contributed by atoms with Gasteiger partial charge >= 0.3 is 0 Å². The van der Waals surface area contributed by atoms with Crippen molar-refractivity contribution in [1.29, 1.82) is 0 Å². The van der Waals surface area contributed by atoms with E-state index in [-0.39, 0.29) is 6.04 Å². The number of rotatable bonds is 4. The molecule has 1 aromatic carbocycles. The van der Waals surface area contributed by atoms with Gasteiger partial charge in [-0.1, -0.05) is 11.6 Å². The lowest BCUT2D eigenvalue weighted by Gasteiger charge is -2.13. The van der Waals surface area contributed by atoms with Crippen LogP contribution in [0.4, 0.5) is 5.69 Å². The molecule has 0 fully saturated rings. The van der Waals surface area contributed by atoms with Crippen LogP contribution in [0.5, 0.6) is 0 Å². The van der Waals surface area contributed by atoms with Crippen LogP contribution >= 0.6 is 22.9 Å². The largest absolute Gasteiger partial charge is 0.378 e. The number of halogens is 1. The molecule has 1 heterocycles. The maximum absolute atomic E-state index is 10.9. The van der Waals surface area contributed by atoms with Crippen molar-refractivity contribution in [1.82, 2.24) is 0 Å². The fourth-order valence-corrected chi connectivity index (χ4v) is 2.68. The van der Waals surface area contributed by atoms with Gasteiger partial charge < -0.3 is 11.1 Å². The number of amides is 1. The van der Waals surface area contributed by atoms with E-state index in [0.717, 1.165) is 10.0 Å². The lowest BCUT2D eigenvalue weighted by atomic mass is 10.2. The Morgan fingerprint density at radius 1 is 1.28 bits per heavy atom. The van der Waals surface area contributed by atoms with E-state index in [2.05, 4.69) is 12.2 Å². The third-order valence-electron chi connectivity index (χ3n) is 2.57. The second kappa shape index (κ2) is 5.42. The number of benzene rings is 1. The molecule has 3 nitrogen and oxygen atoms in total. The summed E-state index contributed by atoms with van der Waals surface area (Å²) in [6.07, 6.45) is 0. The van der Waals surface area contributed by atoms with Crippen molar-refractivity contribution in [2.45, 2.75) is 13.0 Å². The molecular weight excluding hydrogens is 268 g/mol. The quantitative estimate of drug-likeness (QED) is 0.898. The summed E-state index contributed by atoms with van der Waals surface area (Å²) in [4.78, 5) is 12.1. The van der Waals surface area contributed by atoms with E-state index in [4.69, 9.17) is 17.3 Å². The van der Waals surface area contributed by atoms with Crippen molar-refractivity contribution >= 4 is 34.5 Å². The number of carbonyl (C=O) groups is 1. The Morgan fingerprint density at radius 2 is 1.94 bits per heavy atom. The molecule has 0 aliphatic carbocycles. The van der Waals surface area contributed by atoms with Crippen LogP contribution in [0.3, 0.4) is 0 Å². The Morgan fingerprint density at radius 3 is 2.44 bits per heavy atom. The summed E-state index contributed by atoms with van der Waals surface area (Å²) in [5.74, 6) is -0.417. The summed E-state index contributed by atoms with van der Waals surface area (Å²) in [6.45, 7) is 2.06. The topological polar surface area (TPSA) is 55.1 Å². The van der Waals surface area contributed by atoms with Crippen LogP contribution in [0.2, 0.25) is 4.34 Å². The Bertz CT molecular complexity index is 550. The highest BCUT2D eigenvalue weighted by molar-refractivity contribution is 7.16. The van der Waals surface area contributed by atoms with Gasteiger partial charge in [0.1, 0.15) is 0 Å². The van der Waals surface area contributed by atoms with Crippen LogP contribution in [0.1, 0.15) is 28.2 Å². The summed E-state index contributed by atoms with van der Waals surface area (Å²) in [5.41, 5.74) is 6.64. The highest BCUT2D eigenvalue weighted by Gasteiger charge is 2.08. The number of primary amides is 1. The molecule has 2 rings (SSSR count). The lowest BCUT2D eigenvalue weighted by Crippen LogP contribution is -2.11. The van der Waals surface area contributed by atoms with Crippen LogP contribution in [-0.2, 0) is 0 Å². The van der Waals surface area contributed by atoms with Gasteiger partial charge in [-0.3, -0.25) is 4.79 Å². The fraction of sp³-hybridized carbons (Fsp3) is 0.154. The van der Waals surface area contributed by atoms with Gasteiger partial charge in [0.2, 0.25) is 5.91 Å². The summed E-state index contributed by atoms with van der Waals surface area (Å²) in [5, 5.41) is 3.34. The first-order valence-electron chi connectivity index (χ1n) is 5.48. The van der Waals surface area contributed by atoms with E-state index in [9.17, 15) is 4.79 Å². The first-order valence-corrected chi connectivity index (χ1v) is 6.67. The van der Waals surface area contributed by atoms with Crippen LogP contribution < -0.4 is 11.1 Å².